The molecule has 1 N–H and O–H groups in total. The molecule has 1 aliphatic heterocycles. The van der Waals surface area contributed by atoms with Gasteiger partial charge in [0.2, 0.25) is 0 Å². The largest absolute Gasteiger partial charge is 0.462 e. The summed E-state index contributed by atoms with van der Waals surface area (Å²) in [5.41, 5.74) is -0.318. The van der Waals surface area contributed by atoms with Gasteiger partial charge in [-0.1, -0.05) is 0 Å². The van der Waals surface area contributed by atoms with Gasteiger partial charge in [-0.05, 0) is 40.2 Å². The number of carbonyl (C=O) groups excluding carboxylic acids is 1. The van der Waals surface area contributed by atoms with Crippen molar-refractivity contribution in [3.63, 3.8) is 0 Å². The van der Waals surface area contributed by atoms with Crippen molar-refractivity contribution in [2.45, 2.75) is 44.5 Å². The predicted octanol–water partition coefficient (Wildman–Crippen LogP) is 1.63. The van der Waals surface area contributed by atoms with E-state index >= 15 is 0 Å². The monoisotopic (exact) mass is 219 g/mol. The van der Waals surface area contributed by atoms with Crippen molar-refractivity contribution in [1.82, 2.24) is 5.32 Å². The van der Waals surface area contributed by atoms with Crippen LogP contribution in [0.2, 0.25) is 0 Å². The molecular weight excluding hydrogens is 198 g/mol. The van der Waals surface area contributed by atoms with Crippen LogP contribution in [0.4, 0.5) is 0 Å². The van der Waals surface area contributed by atoms with Crippen LogP contribution in [-0.2, 0) is 9.53 Å². The van der Waals surface area contributed by atoms with Crippen LogP contribution in [0, 0.1) is 0 Å². The SMILES string of the molecule is CC(C)(C)OC=O.SC1CCCNC1. The molecule has 0 bridgehead atoms. The lowest BCUT2D eigenvalue weighted by molar-refractivity contribution is -0.138. The van der Waals surface area contributed by atoms with Crippen molar-refractivity contribution in [3.05, 3.63) is 0 Å². The summed E-state index contributed by atoms with van der Waals surface area (Å²) in [7, 11) is 0. The maximum Gasteiger partial charge on any atom is 0.293 e. The van der Waals surface area contributed by atoms with Gasteiger partial charge in [0.1, 0.15) is 5.60 Å². The Morgan fingerprint density at radius 3 is 2.29 bits per heavy atom. The number of rotatable bonds is 1. The molecule has 0 spiro atoms. The van der Waals surface area contributed by atoms with Gasteiger partial charge >= 0.3 is 0 Å². The van der Waals surface area contributed by atoms with Crippen molar-refractivity contribution >= 4 is 19.1 Å². The van der Waals surface area contributed by atoms with Gasteiger partial charge in [-0.2, -0.15) is 12.6 Å². The molecule has 0 aromatic rings. The molecule has 0 radical (unpaired) electrons. The van der Waals surface area contributed by atoms with Crippen molar-refractivity contribution in [3.8, 4) is 0 Å². The van der Waals surface area contributed by atoms with E-state index in [2.05, 4.69) is 22.7 Å². The first-order valence-corrected chi connectivity index (χ1v) is 5.47. The van der Waals surface area contributed by atoms with Crippen LogP contribution in [-0.4, -0.2) is 30.4 Å². The van der Waals surface area contributed by atoms with Crippen LogP contribution < -0.4 is 5.32 Å². The highest BCUT2D eigenvalue weighted by Crippen LogP contribution is 2.06. The number of hydrogen-bond acceptors (Lipinski definition) is 4. The first-order chi connectivity index (χ1) is 6.45. The normalized spacial score (nSPS) is 21.9. The third-order valence-electron chi connectivity index (χ3n) is 1.67. The van der Waals surface area contributed by atoms with Gasteiger partial charge in [0.25, 0.3) is 6.47 Å². The van der Waals surface area contributed by atoms with E-state index in [0.717, 1.165) is 6.54 Å². The molecule has 1 rings (SSSR count). The molecule has 14 heavy (non-hydrogen) atoms. The standard InChI is InChI=1S/C5H11NS.C5H10O2/c7-5-2-1-3-6-4-5;1-5(2,3)7-4-6/h5-7H,1-4H2;4H,1-3H3. The van der Waals surface area contributed by atoms with E-state index in [-0.39, 0.29) is 5.60 Å². The highest BCUT2D eigenvalue weighted by Gasteiger charge is 2.07. The first kappa shape index (κ1) is 13.8. The lowest BCUT2D eigenvalue weighted by Gasteiger charge is -2.16. The second-order valence-electron chi connectivity index (χ2n) is 4.33. The lowest BCUT2D eigenvalue weighted by atomic mass is 10.2. The van der Waals surface area contributed by atoms with Gasteiger partial charge in [0.15, 0.2) is 0 Å². The van der Waals surface area contributed by atoms with Crippen molar-refractivity contribution in [2.75, 3.05) is 13.1 Å². The average molecular weight is 219 g/mol. The second kappa shape index (κ2) is 7.12. The maximum absolute atomic E-state index is 9.60. The smallest absolute Gasteiger partial charge is 0.293 e. The van der Waals surface area contributed by atoms with Crippen molar-refractivity contribution in [2.24, 2.45) is 0 Å². The number of hydrogen-bond donors (Lipinski definition) is 2. The Bertz CT molecular complexity index is 151. The number of carbonyl (C=O) groups is 1. The second-order valence-corrected chi connectivity index (χ2v) is 5.06. The Hall–Kier alpha value is -0.220. The molecule has 3 nitrogen and oxygen atoms in total. The summed E-state index contributed by atoms with van der Waals surface area (Å²) in [6, 6.07) is 0. The predicted molar refractivity (Wildman–Crippen MR) is 61.8 cm³/mol. The molecule has 0 aromatic carbocycles. The third-order valence-corrected chi connectivity index (χ3v) is 2.11. The van der Waals surface area contributed by atoms with Crippen molar-refractivity contribution in [1.29, 1.82) is 0 Å². The Morgan fingerprint density at radius 2 is 2.14 bits per heavy atom. The molecule has 1 aliphatic rings. The molecule has 1 atom stereocenters. The molecule has 1 fully saturated rings. The summed E-state index contributed by atoms with van der Waals surface area (Å²) in [6.07, 6.45) is 2.59. The third kappa shape index (κ3) is 9.86. The Balaban J connectivity index is 0.000000241. The van der Waals surface area contributed by atoms with Crippen LogP contribution in [0.25, 0.3) is 0 Å². The van der Waals surface area contributed by atoms with Gasteiger partial charge in [-0.3, -0.25) is 4.79 Å². The summed E-state index contributed by atoms with van der Waals surface area (Å²) < 4.78 is 4.55. The highest BCUT2D eigenvalue weighted by atomic mass is 32.1. The van der Waals surface area contributed by atoms with Gasteiger partial charge in [0.05, 0.1) is 0 Å². The van der Waals surface area contributed by atoms with Crippen LogP contribution in [0.15, 0.2) is 0 Å². The van der Waals surface area contributed by atoms with Crippen LogP contribution in [0.1, 0.15) is 33.6 Å². The summed E-state index contributed by atoms with van der Waals surface area (Å²) in [6.45, 7) is 8.21. The molecule has 0 saturated carbocycles. The zero-order chi connectivity index (χ0) is 11.0. The molecule has 1 saturated heterocycles. The van der Waals surface area contributed by atoms with E-state index in [1.807, 2.05) is 20.8 Å². The molecule has 0 amide bonds. The van der Waals surface area contributed by atoms with Gasteiger partial charge in [0, 0.05) is 11.8 Å². The molecule has 1 unspecified atom stereocenters. The summed E-state index contributed by atoms with van der Waals surface area (Å²) in [4.78, 5) is 9.60. The van der Waals surface area contributed by atoms with E-state index in [1.54, 1.807) is 0 Å². The van der Waals surface area contributed by atoms with Crippen LogP contribution in [0.5, 0.6) is 0 Å². The molecule has 0 aliphatic carbocycles. The molecule has 1 heterocycles. The maximum atomic E-state index is 9.60. The average Bonchev–Trinajstić information content (AvgIpc) is 2.04. The van der Waals surface area contributed by atoms with Gasteiger partial charge in [-0.25, -0.2) is 0 Å². The number of thiol groups is 1. The minimum absolute atomic E-state index is 0.318. The fraction of sp³-hybridized carbons (Fsp3) is 0.900. The molecule has 84 valence electrons. The number of ether oxygens (including phenoxy) is 1. The fourth-order valence-electron chi connectivity index (χ4n) is 0.978. The lowest BCUT2D eigenvalue weighted by Crippen LogP contribution is -2.29. The molecular formula is C10H21NO2S. The summed E-state index contributed by atoms with van der Waals surface area (Å²) in [5.74, 6) is 0. The Kier molecular flexibility index (Phi) is 7.01. The first-order valence-electron chi connectivity index (χ1n) is 4.96. The number of piperidine rings is 1. The minimum Gasteiger partial charge on any atom is -0.462 e. The zero-order valence-electron chi connectivity index (χ0n) is 9.25. The van der Waals surface area contributed by atoms with Gasteiger partial charge in [-0.15, -0.1) is 0 Å². The topological polar surface area (TPSA) is 38.3 Å². The Labute approximate surface area is 92.0 Å². The number of nitrogens with one attached hydrogen (secondary N) is 1. The summed E-state index contributed by atoms with van der Waals surface area (Å²) in [5, 5.41) is 3.88. The fourth-order valence-corrected chi connectivity index (χ4v) is 1.29. The zero-order valence-corrected chi connectivity index (χ0v) is 10.1. The minimum atomic E-state index is -0.318. The molecule has 4 heteroatoms. The van der Waals surface area contributed by atoms with Crippen LogP contribution >= 0.6 is 12.6 Å². The van der Waals surface area contributed by atoms with E-state index in [0.29, 0.717) is 11.7 Å². The van der Waals surface area contributed by atoms with E-state index in [1.165, 1.54) is 19.4 Å². The quantitative estimate of drug-likeness (QED) is 0.520. The van der Waals surface area contributed by atoms with Crippen LogP contribution in [0.3, 0.4) is 0 Å². The van der Waals surface area contributed by atoms with E-state index < -0.39 is 0 Å². The highest BCUT2D eigenvalue weighted by molar-refractivity contribution is 7.81. The Morgan fingerprint density at radius 1 is 1.50 bits per heavy atom. The molecule has 0 aromatic heterocycles. The van der Waals surface area contributed by atoms with E-state index in [9.17, 15) is 4.79 Å². The van der Waals surface area contributed by atoms with Gasteiger partial charge < -0.3 is 10.1 Å². The van der Waals surface area contributed by atoms with E-state index in [4.69, 9.17) is 0 Å². The summed E-state index contributed by atoms with van der Waals surface area (Å²) >= 11 is 4.30. The van der Waals surface area contributed by atoms with Crippen molar-refractivity contribution < 1.29 is 9.53 Å².